The van der Waals surface area contributed by atoms with Gasteiger partial charge in [-0.2, -0.15) is 5.26 Å². The molecule has 0 spiro atoms. The van der Waals surface area contributed by atoms with Gasteiger partial charge in [-0.15, -0.1) is 0 Å². The fourth-order valence-electron chi connectivity index (χ4n) is 4.22. The Balaban J connectivity index is 2.38. The number of unbranched alkanes of at least 4 members (excludes halogenated alkanes) is 1. The van der Waals surface area contributed by atoms with Gasteiger partial charge in [-0.25, -0.2) is 4.79 Å². The van der Waals surface area contributed by atoms with Crippen molar-refractivity contribution < 1.29 is 23.9 Å². The van der Waals surface area contributed by atoms with E-state index in [1.165, 1.54) is 6.92 Å². The number of esters is 1. The van der Waals surface area contributed by atoms with Crippen molar-refractivity contribution in [3.05, 3.63) is 35.4 Å². The van der Waals surface area contributed by atoms with Crippen LogP contribution in [0.15, 0.2) is 24.3 Å². The third-order valence-corrected chi connectivity index (χ3v) is 6.99. The van der Waals surface area contributed by atoms with Crippen LogP contribution >= 0.6 is 0 Å². The smallest absolute Gasteiger partial charge is 0.329 e. The van der Waals surface area contributed by atoms with Crippen LogP contribution in [0, 0.1) is 23.2 Å². The Hall–Kier alpha value is -3.41. The molecule has 1 aromatic carbocycles. The lowest BCUT2D eigenvalue weighted by atomic mass is 9.94. The molecule has 1 aliphatic heterocycles. The molecule has 1 aromatic rings. The molecule has 1 saturated heterocycles. The summed E-state index contributed by atoms with van der Waals surface area (Å²) in [4.78, 5) is 52.5. The van der Waals surface area contributed by atoms with Crippen LogP contribution in [-0.2, 0) is 30.3 Å². The molecule has 1 aliphatic rings. The van der Waals surface area contributed by atoms with Crippen molar-refractivity contribution in [3.63, 3.8) is 0 Å². The molecule has 9 heteroatoms. The molecule has 6 atom stereocenters. The molecule has 3 N–H and O–H groups in total. The van der Waals surface area contributed by atoms with E-state index in [0.717, 1.165) is 24.8 Å². The van der Waals surface area contributed by atoms with Crippen LogP contribution in [0.4, 0.5) is 0 Å². The van der Waals surface area contributed by atoms with E-state index < -0.39 is 47.9 Å². The molecule has 1 heterocycles. The minimum absolute atomic E-state index is 0.0854. The third-order valence-electron chi connectivity index (χ3n) is 6.99. The predicted octanol–water partition coefficient (Wildman–Crippen LogP) is 2.76. The summed E-state index contributed by atoms with van der Waals surface area (Å²) in [5.74, 6) is -2.29. The van der Waals surface area contributed by atoms with Gasteiger partial charge in [-0.05, 0) is 42.9 Å². The second-order valence-corrected chi connectivity index (χ2v) is 10.0. The fraction of sp³-hybridized carbons (Fsp3) is 0.607. The van der Waals surface area contributed by atoms with E-state index in [1.54, 1.807) is 24.3 Å². The van der Waals surface area contributed by atoms with Crippen molar-refractivity contribution in [1.29, 1.82) is 5.26 Å². The lowest BCUT2D eigenvalue weighted by molar-refractivity contribution is -0.158. The summed E-state index contributed by atoms with van der Waals surface area (Å²) in [6, 6.07) is 6.00. The van der Waals surface area contributed by atoms with Crippen molar-refractivity contribution in [2.75, 3.05) is 0 Å². The summed E-state index contributed by atoms with van der Waals surface area (Å²) in [6.45, 7) is 9.31. The number of amides is 3. The average molecular weight is 513 g/mol. The zero-order chi connectivity index (χ0) is 27.5. The number of hydrogen-bond donors (Lipinski definition) is 3. The van der Waals surface area contributed by atoms with Crippen LogP contribution in [0.2, 0.25) is 0 Å². The number of hydrogen-bond acceptors (Lipinski definition) is 6. The Morgan fingerprint density at radius 3 is 2.27 bits per heavy atom. The summed E-state index contributed by atoms with van der Waals surface area (Å²) < 4.78 is 5.87. The first-order valence-corrected chi connectivity index (χ1v) is 13.2. The number of nitriles is 1. The van der Waals surface area contributed by atoms with Crippen molar-refractivity contribution in [3.8, 4) is 6.07 Å². The Bertz CT molecular complexity index is 987. The molecule has 0 radical (unpaired) electrons. The first kappa shape index (κ1) is 29.8. The minimum Gasteiger partial charge on any atom is -0.460 e. The standard InChI is InChI=1S/C28H40N4O5/c1-6-8-9-18(4)23-15-24(33)31-22(14-20-10-12-21(16-29)13-11-20)27(35)30-19(5)26(34)32-25(17(3)7-2)28(36)37-23/h10-13,17-19,22-23,25H,6-9,14-15H2,1-5H3,(H,30,35)(H,31,33)(H,32,34)/t17-,18+,19+,22-,23-,25+/m1/s1. The summed E-state index contributed by atoms with van der Waals surface area (Å²) in [5.41, 5.74) is 1.23. The zero-order valence-corrected chi connectivity index (χ0v) is 22.5. The van der Waals surface area contributed by atoms with Crippen molar-refractivity contribution >= 4 is 23.7 Å². The number of nitrogens with zero attached hydrogens (tertiary/aromatic N) is 1. The maximum Gasteiger partial charge on any atom is 0.329 e. The van der Waals surface area contributed by atoms with Gasteiger partial charge in [0, 0.05) is 6.42 Å². The van der Waals surface area contributed by atoms with E-state index in [2.05, 4.69) is 28.9 Å². The number of ether oxygens (including phenoxy) is 1. The average Bonchev–Trinajstić information content (AvgIpc) is 2.88. The first-order chi connectivity index (χ1) is 17.6. The quantitative estimate of drug-likeness (QED) is 0.458. The molecule has 3 amide bonds. The largest absolute Gasteiger partial charge is 0.460 e. The molecule has 9 nitrogen and oxygen atoms in total. The van der Waals surface area contributed by atoms with Crippen molar-refractivity contribution in [2.45, 2.75) is 97.4 Å². The number of rotatable bonds is 8. The van der Waals surface area contributed by atoms with E-state index in [1.807, 2.05) is 20.8 Å². The molecule has 0 aromatic heterocycles. The van der Waals surface area contributed by atoms with Crippen molar-refractivity contribution in [1.82, 2.24) is 16.0 Å². The monoisotopic (exact) mass is 512 g/mol. The highest BCUT2D eigenvalue weighted by atomic mass is 16.5. The highest BCUT2D eigenvalue weighted by molar-refractivity contribution is 5.94. The first-order valence-electron chi connectivity index (χ1n) is 13.2. The van der Waals surface area contributed by atoms with Crippen LogP contribution in [-0.4, -0.2) is 47.9 Å². The van der Waals surface area contributed by atoms with E-state index in [0.29, 0.717) is 12.0 Å². The number of cyclic esters (lactones) is 1. The predicted molar refractivity (Wildman–Crippen MR) is 139 cm³/mol. The molecule has 0 aliphatic carbocycles. The van der Waals surface area contributed by atoms with E-state index in [-0.39, 0.29) is 24.7 Å². The van der Waals surface area contributed by atoms with E-state index >= 15 is 0 Å². The summed E-state index contributed by atoms with van der Waals surface area (Å²) in [7, 11) is 0. The van der Waals surface area contributed by atoms with Gasteiger partial charge < -0.3 is 20.7 Å². The number of carbonyl (C=O) groups is 4. The van der Waals surface area contributed by atoms with Crippen molar-refractivity contribution in [2.24, 2.45) is 11.8 Å². The Labute approximate surface area is 219 Å². The third kappa shape index (κ3) is 8.88. The molecular weight excluding hydrogens is 472 g/mol. The molecule has 2 rings (SSSR count). The molecule has 1 fully saturated rings. The molecule has 37 heavy (non-hydrogen) atoms. The molecular formula is C28H40N4O5. The summed E-state index contributed by atoms with van der Waals surface area (Å²) in [6.07, 6.45) is 2.67. The van der Waals surface area contributed by atoms with Gasteiger partial charge in [0.1, 0.15) is 24.2 Å². The van der Waals surface area contributed by atoms with Gasteiger partial charge in [0.15, 0.2) is 0 Å². The lowest BCUT2D eigenvalue weighted by Crippen LogP contribution is -2.55. The highest BCUT2D eigenvalue weighted by Gasteiger charge is 2.35. The second-order valence-electron chi connectivity index (χ2n) is 10.0. The van der Waals surface area contributed by atoms with Crippen LogP contribution in [0.1, 0.15) is 77.8 Å². The fourth-order valence-corrected chi connectivity index (χ4v) is 4.22. The maximum atomic E-state index is 13.2. The van der Waals surface area contributed by atoms with E-state index in [4.69, 9.17) is 10.00 Å². The van der Waals surface area contributed by atoms with Gasteiger partial charge >= 0.3 is 5.97 Å². The van der Waals surface area contributed by atoms with E-state index in [9.17, 15) is 19.2 Å². The molecule has 0 unspecified atom stereocenters. The summed E-state index contributed by atoms with van der Waals surface area (Å²) >= 11 is 0. The lowest BCUT2D eigenvalue weighted by Gasteiger charge is -2.29. The SMILES string of the molecule is CCCC[C@H](C)[C@H]1CC(=O)N[C@H](Cc2ccc(C#N)cc2)C(=O)N[C@@H](C)C(=O)N[C@@H]([C@H](C)CC)C(=O)O1. The van der Waals surface area contributed by atoms with Crippen LogP contribution in [0.5, 0.6) is 0 Å². The molecule has 0 saturated carbocycles. The number of benzene rings is 1. The normalized spacial score (nSPS) is 25.1. The molecule has 202 valence electrons. The van der Waals surface area contributed by atoms with Crippen LogP contribution in [0.3, 0.4) is 0 Å². The maximum absolute atomic E-state index is 13.2. The van der Waals surface area contributed by atoms with Gasteiger partial charge in [0.2, 0.25) is 17.7 Å². The Morgan fingerprint density at radius 2 is 1.68 bits per heavy atom. The van der Waals surface area contributed by atoms with Gasteiger partial charge in [0.25, 0.3) is 0 Å². The zero-order valence-electron chi connectivity index (χ0n) is 22.5. The number of nitrogens with one attached hydrogen (secondary N) is 3. The van der Waals surface area contributed by atoms with Gasteiger partial charge in [-0.1, -0.05) is 59.1 Å². The highest BCUT2D eigenvalue weighted by Crippen LogP contribution is 2.21. The van der Waals surface area contributed by atoms with Gasteiger partial charge in [0.05, 0.1) is 18.1 Å². The second kappa shape index (κ2) is 14.4. The molecule has 0 bridgehead atoms. The van der Waals surface area contributed by atoms with Crippen LogP contribution in [0.25, 0.3) is 0 Å². The Morgan fingerprint density at radius 1 is 1.00 bits per heavy atom. The number of carbonyl (C=O) groups excluding carboxylic acids is 4. The topological polar surface area (TPSA) is 137 Å². The minimum atomic E-state index is -0.955. The Kier molecular flexibility index (Phi) is 11.6. The summed E-state index contributed by atoms with van der Waals surface area (Å²) in [5, 5.41) is 17.2. The van der Waals surface area contributed by atoms with Crippen LogP contribution < -0.4 is 16.0 Å². The van der Waals surface area contributed by atoms with Gasteiger partial charge in [-0.3, -0.25) is 14.4 Å².